The molecule has 4 heterocycles. The molecule has 2 aromatic carbocycles. The highest BCUT2D eigenvalue weighted by molar-refractivity contribution is 6.39. The molecule has 9 nitrogen and oxygen atoms in total. The van der Waals surface area contributed by atoms with Crippen molar-refractivity contribution in [1.29, 1.82) is 0 Å². The summed E-state index contributed by atoms with van der Waals surface area (Å²) in [7, 11) is 0. The van der Waals surface area contributed by atoms with Crippen molar-refractivity contribution in [2.75, 3.05) is 25.1 Å². The van der Waals surface area contributed by atoms with Crippen LogP contribution in [-0.2, 0) is 22.6 Å². The van der Waals surface area contributed by atoms with Crippen molar-refractivity contribution in [3.63, 3.8) is 0 Å². The Labute approximate surface area is 291 Å². The molecular formula is C35H35Cl2F3N6O3. The van der Waals surface area contributed by atoms with Crippen LogP contribution in [-0.4, -0.2) is 54.3 Å². The lowest BCUT2D eigenvalue weighted by atomic mass is 10.0. The topological polar surface area (TPSA) is 109 Å². The summed E-state index contributed by atoms with van der Waals surface area (Å²) >= 11 is 13.8. The van der Waals surface area contributed by atoms with E-state index in [1.54, 1.807) is 54.9 Å². The summed E-state index contributed by atoms with van der Waals surface area (Å²) in [4.78, 5) is 20.1. The van der Waals surface area contributed by atoms with Gasteiger partial charge in [0.05, 0.1) is 21.4 Å². The van der Waals surface area contributed by atoms with Gasteiger partial charge in [0, 0.05) is 91.6 Å². The number of benzene rings is 2. The molecule has 258 valence electrons. The number of carbonyl (C=O) groups is 1. The van der Waals surface area contributed by atoms with Crippen LogP contribution in [0.15, 0.2) is 60.9 Å². The maximum Gasteiger partial charge on any atom is 0.387 e. The van der Waals surface area contributed by atoms with Crippen molar-refractivity contribution in [1.82, 2.24) is 25.9 Å². The van der Waals surface area contributed by atoms with Crippen LogP contribution < -0.4 is 26.0 Å². The summed E-state index contributed by atoms with van der Waals surface area (Å²) in [6, 6.07) is 13.7. The van der Waals surface area contributed by atoms with Gasteiger partial charge in [-0.15, -0.1) is 0 Å². The quantitative estimate of drug-likeness (QED) is 0.115. The molecular weight excluding hydrogens is 680 g/mol. The third kappa shape index (κ3) is 8.63. The zero-order valence-electron chi connectivity index (χ0n) is 26.4. The van der Waals surface area contributed by atoms with Crippen LogP contribution in [0.3, 0.4) is 0 Å². The van der Waals surface area contributed by atoms with E-state index in [2.05, 4.69) is 31.2 Å². The molecule has 1 amide bonds. The van der Waals surface area contributed by atoms with Crippen LogP contribution in [0.25, 0.3) is 22.4 Å². The Bertz CT molecular complexity index is 1790. The van der Waals surface area contributed by atoms with E-state index in [0.717, 1.165) is 12.8 Å². The molecule has 0 spiro atoms. The number of pyridine rings is 2. The first-order chi connectivity index (χ1) is 23.8. The Kier molecular flexibility index (Phi) is 11.5. The minimum atomic E-state index is -3.05. The largest absolute Gasteiger partial charge is 0.434 e. The molecule has 1 atom stereocenters. The fraction of sp³-hybridized carbons (Fsp3) is 0.343. The summed E-state index contributed by atoms with van der Waals surface area (Å²) in [5.74, 6) is -0.485. The minimum Gasteiger partial charge on any atom is -0.434 e. The SMILES string of the molecule is O=C1CC[C@H](CNCc2ccc(-c3nccc(-c4cccc(Nc5nccc(CNC6CCOCC6)c5F)c4Cl)c3Cl)cc2OC(F)F)N1. The number of anilines is 2. The molecule has 6 rings (SSSR count). The fourth-order valence-corrected chi connectivity index (χ4v) is 6.54. The van der Waals surface area contributed by atoms with Gasteiger partial charge >= 0.3 is 6.61 Å². The molecule has 0 unspecified atom stereocenters. The molecule has 2 aromatic heterocycles. The van der Waals surface area contributed by atoms with Crippen molar-refractivity contribution >= 4 is 40.6 Å². The van der Waals surface area contributed by atoms with Crippen LogP contribution in [0.2, 0.25) is 10.0 Å². The highest BCUT2D eigenvalue weighted by Crippen LogP contribution is 2.42. The second-order valence-corrected chi connectivity index (χ2v) is 12.6. The fourth-order valence-electron chi connectivity index (χ4n) is 5.95. The molecule has 14 heteroatoms. The minimum absolute atomic E-state index is 0.000682. The Morgan fingerprint density at radius 1 is 0.959 bits per heavy atom. The van der Waals surface area contributed by atoms with Gasteiger partial charge in [-0.1, -0.05) is 47.5 Å². The summed E-state index contributed by atoms with van der Waals surface area (Å²) in [6.07, 6.45) is 6.01. The van der Waals surface area contributed by atoms with E-state index < -0.39 is 12.4 Å². The van der Waals surface area contributed by atoms with Crippen LogP contribution >= 0.6 is 23.2 Å². The van der Waals surface area contributed by atoms with Crippen LogP contribution in [0.4, 0.5) is 24.7 Å². The predicted octanol–water partition coefficient (Wildman–Crippen LogP) is 7.24. The number of amides is 1. The molecule has 2 aliphatic rings. The number of aromatic nitrogens is 2. The number of hydrogen-bond donors (Lipinski definition) is 4. The molecule has 2 aliphatic heterocycles. The number of carbonyl (C=O) groups excluding carboxylic acids is 1. The van der Waals surface area contributed by atoms with Gasteiger partial charge in [0.15, 0.2) is 11.6 Å². The molecule has 4 N–H and O–H groups in total. The number of halogens is 5. The maximum atomic E-state index is 15.5. The second-order valence-electron chi connectivity index (χ2n) is 11.8. The second kappa shape index (κ2) is 16.2. The van der Waals surface area contributed by atoms with Gasteiger partial charge in [0.1, 0.15) is 5.75 Å². The van der Waals surface area contributed by atoms with Gasteiger partial charge in [-0.2, -0.15) is 8.78 Å². The number of alkyl halides is 2. The molecule has 2 saturated heterocycles. The third-order valence-corrected chi connectivity index (χ3v) is 9.34. The highest BCUT2D eigenvalue weighted by Gasteiger charge is 2.22. The van der Waals surface area contributed by atoms with Gasteiger partial charge in [-0.25, -0.2) is 9.37 Å². The molecule has 4 aromatic rings. The van der Waals surface area contributed by atoms with E-state index in [9.17, 15) is 13.6 Å². The molecule has 0 saturated carbocycles. The van der Waals surface area contributed by atoms with Crippen molar-refractivity contribution in [2.45, 2.75) is 57.5 Å². The average molecular weight is 716 g/mol. The zero-order chi connectivity index (χ0) is 34.3. The monoisotopic (exact) mass is 714 g/mol. The van der Waals surface area contributed by atoms with Gasteiger partial charge in [-0.3, -0.25) is 9.78 Å². The van der Waals surface area contributed by atoms with Crippen LogP contribution in [0.1, 0.15) is 36.8 Å². The van der Waals surface area contributed by atoms with E-state index in [0.29, 0.717) is 78.3 Å². The van der Waals surface area contributed by atoms with Gasteiger partial charge < -0.3 is 30.7 Å². The normalized spacial score (nSPS) is 16.6. The lowest BCUT2D eigenvalue weighted by Gasteiger charge is -2.23. The van der Waals surface area contributed by atoms with Gasteiger partial charge in [0.25, 0.3) is 0 Å². The number of hydrogen-bond acceptors (Lipinski definition) is 8. The Morgan fingerprint density at radius 2 is 1.76 bits per heavy atom. The number of nitrogens with one attached hydrogen (secondary N) is 4. The number of rotatable bonds is 13. The first kappa shape index (κ1) is 34.9. The van der Waals surface area contributed by atoms with Crippen LogP contribution in [0, 0.1) is 5.82 Å². The first-order valence-electron chi connectivity index (χ1n) is 16.0. The van der Waals surface area contributed by atoms with Gasteiger partial charge in [0.2, 0.25) is 5.91 Å². The Morgan fingerprint density at radius 3 is 2.53 bits per heavy atom. The molecule has 0 bridgehead atoms. The first-order valence-corrected chi connectivity index (χ1v) is 16.8. The average Bonchev–Trinajstić information content (AvgIpc) is 3.51. The summed E-state index contributed by atoms with van der Waals surface area (Å²) in [5.41, 5.74) is 3.25. The van der Waals surface area contributed by atoms with Crippen molar-refractivity contribution in [2.24, 2.45) is 0 Å². The molecule has 0 aliphatic carbocycles. The molecule has 49 heavy (non-hydrogen) atoms. The van der Waals surface area contributed by atoms with E-state index in [1.807, 2.05) is 0 Å². The van der Waals surface area contributed by atoms with E-state index in [-0.39, 0.29) is 46.1 Å². The summed E-state index contributed by atoms with van der Waals surface area (Å²) in [6.45, 7) is -0.593. The number of nitrogens with zero attached hydrogens (tertiary/aromatic N) is 2. The molecule has 0 radical (unpaired) electrons. The van der Waals surface area contributed by atoms with Crippen molar-refractivity contribution < 1.29 is 27.4 Å². The van der Waals surface area contributed by atoms with Gasteiger partial charge in [-0.05, 0) is 43.5 Å². The lowest BCUT2D eigenvalue weighted by Crippen LogP contribution is -2.35. The predicted molar refractivity (Wildman–Crippen MR) is 183 cm³/mol. The van der Waals surface area contributed by atoms with Crippen LogP contribution in [0.5, 0.6) is 5.75 Å². The maximum absolute atomic E-state index is 15.5. The third-order valence-electron chi connectivity index (χ3n) is 8.55. The van der Waals surface area contributed by atoms with E-state index in [1.165, 1.54) is 6.07 Å². The van der Waals surface area contributed by atoms with Crippen molar-refractivity contribution in [3.8, 4) is 28.1 Å². The summed E-state index contributed by atoms with van der Waals surface area (Å²) < 4.78 is 52.6. The highest BCUT2D eigenvalue weighted by atomic mass is 35.5. The Balaban J connectivity index is 1.21. The zero-order valence-corrected chi connectivity index (χ0v) is 27.9. The van der Waals surface area contributed by atoms with E-state index >= 15 is 4.39 Å². The summed E-state index contributed by atoms with van der Waals surface area (Å²) in [5, 5.41) is 13.0. The Hall–Kier alpha value is -3.94. The number of ether oxygens (including phenoxy) is 2. The molecule has 2 fully saturated rings. The lowest BCUT2D eigenvalue weighted by molar-refractivity contribution is -0.119. The van der Waals surface area contributed by atoms with Crippen molar-refractivity contribution in [3.05, 3.63) is 87.9 Å². The standard InChI is InChI=1S/C35H35Cl2F3N6O3/c36-30-25(2-1-3-27(30)46-34-32(38)22(8-12-43-34)18-44-23-10-14-48-15-11-23)26-9-13-42-33(31(26)37)20-4-5-21(28(16-20)49-35(39)40)17-41-19-24-6-7-29(47)45-24/h1-5,8-9,12-13,16,23-24,35,41,44H,6-7,10-11,14-15,17-19H2,(H,43,46)(H,45,47)/t24-/m1/s1. The smallest absolute Gasteiger partial charge is 0.387 e. The van der Waals surface area contributed by atoms with E-state index in [4.69, 9.17) is 32.7 Å².